The predicted octanol–water partition coefficient (Wildman–Crippen LogP) is 1.84. The predicted molar refractivity (Wildman–Crippen MR) is 57.7 cm³/mol. The van der Waals surface area contributed by atoms with E-state index in [0.717, 1.165) is 12.5 Å². The van der Waals surface area contributed by atoms with Crippen molar-refractivity contribution in [3.8, 4) is 0 Å². The molecule has 2 unspecified atom stereocenters. The second-order valence-electron chi connectivity index (χ2n) is 4.81. The molecule has 80 valence electrons. The van der Waals surface area contributed by atoms with Crippen LogP contribution in [0.3, 0.4) is 0 Å². The summed E-state index contributed by atoms with van der Waals surface area (Å²) in [6.45, 7) is 8.02. The number of aliphatic hydroxyl groups is 1. The van der Waals surface area contributed by atoms with E-state index in [1.54, 1.807) is 0 Å². The molecule has 0 aromatic rings. The van der Waals surface area contributed by atoms with Crippen LogP contribution in [0, 0.1) is 17.8 Å². The minimum Gasteiger partial charge on any atom is -0.396 e. The van der Waals surface area contributed by atoms with Gasteiger partial charge in [0.15, 0.2) is 0 Å². The molecule has 0 aromatic carbocycles. The van der Waals surface area contributed by atoms with Crippen LogP contribution in [0.2, 0.25) is 0 Å². The molecule has 0 spiro atoms. The molecule has 2 nitrogen and oxygen atoms in total. The maximum Gasteiger partial charge on any atom is 0.0474 e. The minimum atomic E-state index is 0.312. The molecule has 0 aromatic heterocycles. The van der Waals surface area contributed by atoms with Gasteiger partial charge in [-0.05, 0) is 38.3 Å². The second-order valence-corrected chi connectivity index (χ2v) is 4.81. The van der Waals surface area contributed by atoms with Crippen LogP contribution in [0.25, 0.3) is 0 Å². The topological polar surface area (TPSA) is 23.5 Å². The quantitative estimate of drug-likeness (QED) is 0.686. The molecule has 0 rings (SSSR count). The van der Waals surface area contributed by atoms with Crippen LogP contribution in [-0.4, -0.2) is 37.3 Å². The lowest BCUT2D eigenvalue weighted by atomic mass is 9.87. The monoisotopic (exact) mass is 187 g/mol. The van der Waals surface area contributed by atoms with Crippen LogP contribution in [0.15, 0.2) is 0 Å². The summed E-state index contributed by atoms with van der Waals surface area (Å²) < 4.78 is 0. The zero-order valence-electron chi connectivity index (χ0n) is 9.75. The Morgan fingerprint density at radius 1 is 1.15 bits per heavy atom. The molecule has 0 aliphatic carbocycles. The molecule has 0 fully saturated rings. The highest BCUT2D eigenvalue weighted by molar-refractivity contribution is 4.69. The first-order valence-corrected chi connectivity index (χ1v) is 5.23. The highest BCUT2D eigenvalue weighted by Gasteiger charge is 2.17. The smallest absolute Gasteiger partial charge is 0.0474 e. The third-order valence-corrected chi connectivity index (χ3v) is 2.48. The van der Waals surface area contributed by atoms with Crippen molar-refractivity contribution in [1.29, 1.82) is 0 Å². The first-order chi connectivity index (χ1) is 5.97. The largest absolute Gasteiger partial charge is 0.396 e. The van der Waals surface area contributed by atoms with Crippen molar-refractivity contribution in [3.63, 3.8) is 0 Å². The Morgan fingerprint density at radius 3 is 2.00 bits per heavy atom. The van der Waals surface area contributed by atoms with E-state index in [2.05, 4.69) is 39.8 Å². The second kappa shape index (κ2) is 6.39. The van der Waals surface area contributed by atoms with Gasteiger partial charge in [-0.3, -0.25) is 0 Å². The molecule has 0 bridgehead atoms. The highest BCUT2D eigenvalue weighted by Crippen LogP contribution is 2.20. The summed E-state index contributed by atoms with van der Waals surface area (Å²) in [4.78, 5) is 2.15. The van der Waals surface area contributed by atoms with Gasteiger partial charge in [-0.15, -0.1) is 0 Å². The van der Waals surface area contributed by atoms with Gasteiger partial charge in [0.1, 0.15) is 0 Å². The number of aliphatic hydroxyl groups excluding tert-OH is 1. The lowest BCUT2D eigenvalue weighted by molar-refractivity contribution is 0.139. The van der Waals surface area contributed by atoms with E-state index in [1.807, 2.05) is 0 Å². The number of rotatable bonds is 6. The molecular weight excluding hydrogens is 162 g/mol. The standard InChI is InChI=1S/C11H25NO/c1-9(2)6-10(3)11(8-13)7-12(4)5/h9-11,13H,6-8H2,1-5H3. The van der Waals surface area contributed by atoms with Crippen molar-refractivity contribution >= 4 is 0 Å². The summed E-state index contributed by atoms with van der Waals surface area (Å²) in [7, 11) is 4.12. The van der Waals surface area contributed by atoms with E-state index >= 15 is 0 Å². The maximum absolute atomic E-state index is 9.23. The molecule has 1 N–H and O–H groups in total. The average molecular weight is 187 g/mol. The summed E-state index contributed by atoms with van der Waals surface area (Å²) in [5.41, 5.74) is 0. The molecular formula is C11H25NO. The van der Waals surface area contributed by atoms with Crippen LogP contribution in [0.5, 0.6) is 0 Å². The van der Waals surface area contributed by atoms with Crippen molar-refractivity contribution in [2.45, 2.75) is 27.2 Å². The first kappa shape index (κ1) is 12.9. The summed E-state index contributed by atoms with van der Waals surface area (Å²) >= 11 is 0. The molecule has 0 saturated carbocycles. The van der Waals surface area contributed by atoms with E-state index in [-0.39, 0.29) is 0 Å². The zero-order valence-corrected chi connectivity index (χ0v) is 9.75. The lowest BCUT2D eigenvalue weighted by Crippen LogP contribution is -2.29. The molecule has 0 aliphatic rings. The van der Waals surface area contributed by atoms with E-state index in [0.29, 0.717) is 18.4 Å². The Labute approximate surface area is 82.9 Å². The van der Waals surface area contributed by atoms with Gasteiger partial charge < -0.3 is 10.0 Å². The van der Waals surface area contributed by atoms with Crippen LogP contribution in [0.1, 0.15) is 27.2 Å². The van der Waals surface area contributed by atoms with Gasteiger partial charge in [-0.2, -0.15) is 0 Å². The fraction of sp³-hybridized carbons (Fsp3) is 1.00. The molecule has 0 heterocycles. The van der Waals surface area contributed by atoms with Crippen LogP contribution in [-0.2, 0) is 0 Å². The van der Waals surface area contributed by atoms with Crippen molar-refractivity contribution in [3.05, 3.63) is 0 Å². The van der Waals surface area contributed by atoms with Gasteiger partial charge in [0.05, 0.1) is 0 Å². The third kappa shape index (κ3) is 6.05. The normalized spacial score (nSPS) is 16.6. The Morgan fingerprint density at radius 2 is 1.69 bits per heavy atom. The molecule has 0 aliphatic heterocycles. The van der Waals surface area contributed by atoms with Crippen molar-refractivity contribution in [2.75, 3.05) is 27.2 Å². The number of hydrogen-bond acceptors (Lipinski definition) is 2. The first-order valence-electron chi connectivity index (χ1n) is 5.23. The fourth-order valence-corrected chi connectivity index (χ4v) is 1.82. The van der Waals surface area contributed by atoms with E-state index < -0.39 is 0 Å². The van der Waals surface area contributed by atoms with E-state index in [1.165, 1.54) is 6.42 Å². The molecule has 0 radical (unpaired) electrons. The summed E-state index contributed by atoms with van der Waals surface area (Å²) in [5.74, 6) is 1.77. The number of hydrogen-bond donors (Lipinski definition) is 1. The fourth-order valence-electron chi connectivity index (χ4n) is 1.82. The molecule has 2 atom stereocenters. The maximum atomic E-state index is 9.23. The summed E-state index contributed by atoms with van der Waals surface area (Å²) in [5, 5.41) is 9.23. The number of nitrogens with zero attached hydrogens (tertiary/aromatic N) is 1. The Balaban J connectivity index is 3.91. The zero-order chi connectivity index (χ0) is 10.4. The Bertz CT molecular complexity index is 123. The highest BCUT2D eigenvalue weighted by atomic mass is 16.3. The van der Waals surface area contributed by atoms with Crippen molar-refractivity contribution in [2.24, 2.45) is 17.8 Å². The Hall–Kier alpha value is -0.0800. The Kier molecular flexibility index (Phi) is 6.35. The van der Waals surface area contributed by atoms with Gasteiger partial charge in [0.2, 0.25) is 0 Å². The van der Waals surface area contributed by atoms with E-state index in [4.69, 9.17) is 0 Å². The summed E-state index contributed by atoms with van der Waals surface area (Å²) in [6, 6.07) is 0. The van der Waals surface area contributed by atoms with Crippen molar-refractivity contribution < 1.29 is 5.11 Å². The van der Waals surface area contributed by atoms with Crippen LogP contribution < -0.4 is 0 Å². The van der Waals surface area contributed by atoms with E-state index in [9.17, 15) is 5.11 Å². The van der Waals surface area contributed by atoms with Crippen LogP contribution >= 0.6 is 0 Å². The summed E-state index contributed by atoms with van der Waals surface area (Å²) in [6.07, 6.45) is 1.21. The van der Waals surface area contributed by atoms with Crippen molar-refractivity contribution in [1.82, 2.24) is 4.90 Å². The SMILES string of the molecule is CC(C)CC(C)C(CO)CN(C)C. The van der Waals surface area contributed by atoms with Gasteiger partial charge in [0.25, 0.3) is 0 Å². The molecule has 13 heavy (non-hydrogen) atoms. The van der Waals surface area contributed by atoms with Gasteiger partial charge in [-0.1, -0.05) is 20.8 Å². The van der Waals surface area contributed by atoms with Gasteiger partial charge in [0, 0.05) is 13.2 Å². The molecule has 2 heteroatoms. The van der Waals surface area contributed by atoms with Gasteiger partial charge in [-0.25, -0.2) is 0 Å². The van der Waals surface area contributed by atoms with Crippen LogP contribution in [0.4, 0.5) is 0 Å². The molecule has 0 amide bonds. The minimum absolute atomic E-state index is 0.312. The third-order valence-electron chi connectivity index (χ3n) is 2.48. The molecule has 0 saturated heterocycles. The van der Waals surface area contributed by atoms with Gasteiger partial charge >= 0.3 is 0 Å². The lowest BCUT2D eigenvalue weighted by Gasteiger charge is -2.26. The average Bonchev–Trinajstić information content (AvgIpc) is 1.98.